The second-order valence-electron chi connectivity index (χ2n) is 7.09. The van der Waals surface area contributed by atoms with E-state index in [1.54, 1.807) is 18.2 Å². The molecule has 2 fully saturated rings. The van der Waals surface area contributed by atoms with Gasteiger partial charge in [0.05, 0.1) is 4.90 Å². The van der Waals surface area contributed by atoms with Crippen LogP contribution >= 0.6 is 0 Å². The number of fused-ring (bicyclic) bond motifs is 1. The second kappa shape index (κ2) is 6.27. The Morgan fingerprint density at radius 1 is 1.13 bits per heavy atom. The molecule has 2 atom stereocenters. The van der Waals surface area contributed by atoms with Gasteiger partial charge >= 0.3 is 0 Å². The van der Waals surface area contributed by atoms with Gasteiger partial charge < -0.3 is 4.90 Å². The summed E-state index contributed by atoms with van der Waals surface area (Å²) in [6.45, 7) is 3.49. The van der Waals surface area contributed by atoms with E-state index in [4.69, 9.17) is 0 Å². The number of sulfone groups is 1. The molecule has 0 spiro atoms. The number of hydrogen-bond acceptors (Lipinski definition) is 3. The Labute approximate surface area is 138 Å². The maximum Gasteiger partial charge on any atom is 0.254 e. The van der Waals surface area contributed by atoms with Gasteiger partial charge in [-0.1, -0.05) is 25.3 Å². The highest BCUT2D eigenvalue weighted by Crippen LogP contribution is 2.36. The molecule has 23 heavy (non-hydrogen) atoms. The number of carbonyl (C=O) groups is 1. The van der Waals surface area contributed by atoms with Gasteiger partial charge in [-0.05, 0) is 49.3 Å². The van der Waals surface area contributed by atoms with E-state index in [2.05, 4.69) is 0 Å². The SMILES string of the molecule is Cc1ccc(S(C)(=O)=O)cc1C(=O)N1CC[C@H]2CCCC[C@@H]2C1. The van der Waals surface area contributed by atoms with Crippen molar-refractivity contribution in [3.8, 4) is 0 Å². The molecular weight excluding hydrogens is 310 g/mol. The Morgan fingerprint density at radius 2 is 1.83 bits per heavy atom. The summed E-state index contributed by atoms with van der Waals surface area (Å²) in [4.78, 5) is 15.1. The molecule has 1 heterocycles. The smallest absolute Gasteiger partial charge is 0.254 e. The van der Waals surface area contributed by atoms with E-state index in [1.165, 1.54) is 31.9 Å². The molecule has 5 heteroatoms. The lowest BCUT2D eigenvalue weighted by atomic mass is 9.75. The summed E-state index contributed by atoms with van der Waals surface area (Å²) >= 11 is 0. The lowest BCUT2D eigenvalue weighted by Gasteiger charge is -2.41. The third-order valence-corrected chi connectivity index (χ3v) is 6.56. The Morgan fingerprint density at radius 3 is 2.52 bits per heavy atom. The fourth-order valence-electron chi connectivity index (χ4n) is 4.02. The van der Waals surface area contributed by atoms with E-state index in [9.17, 15) is 13.2 Å². The van der Waals surface area contributed by atoms with Crippen LogP contribution in [0.15, 0.2) is 23.1 Å². The van der Waals surface area contributed by atoms with Crippen LogP contribution in [0.25, 0.3) is 0 Å². The van der Waals surface area contributed by atoms with Gasteiger partial charge in [0.1, 0.15) is 0 Å². The fourth-order valence-corrected chi connectivity index (χ4v) is 4.67. The van der Waals surface area contributed by atoms with Gasteiger partial charge in [-0.25, -0.2) is 8.42 Å². The summed E-state index contributed by atoms with van der Waals surface area (Å²) in [7, 11) is -3.30. The van der Waals surface area contributed by atoms with Gasteiger partial charge in [-0.15, -0.1) is 0 Å². The van der Waals surface area contributed by atoms with E-state index < -0.39 is 9.84 Å². The van der Waals surface area contributed by atoms with Crippen LogP contribution in [0.1, 0.15) is 48.0 Å². The number of amides is 1. The summed E-state index contributed by atoms with van der Waals surface area (Å²) in [6.07, 6.45) is 7.38. The molecule has 0 bridgehead atoms. The van der Waals surface area contributed by atoms with E-state index in [-0.39, 0.29) is 10.8 Å². The molecule has 3 rings (SSSR count). The Balaban J connectivity index is 1.83. The molecule has 1 aromatic carbocycles. The zero-order valence-corrected chi connectivity index (χ0v) is 14.7. The summed E-state index contributed by atoms with van der Waals surface area (Å²) < 4.78 is 23.5. The molecule has 1 aliphatic heterocycles. The molecule has 1 aromatic rings. The lowest BCUT2D eigenvalue weighted by Crippen LogP contribution is -2.45. The molecule has 4 nitrogen and oxygen atoms in total. The summed E-state index contributed by atoms with van der Waals surface area (Å²) in [6, 6.07) is 4.85. The van der Waals surface area contributed by atoms with Crippen LogP contribution in [-0.2, 0) is 9.84 Å². The maximum absolute atomic E-state index is 12.9. The van der Waals surface area contributed by atoms with Gasteiger partial charge in [-0.2, -0.15) is 0 Å². The molecule has 1 aliphatic carbocycles. The first-order valence-corrected chi connectivity index (χ1v) is 10.4. The van der Waals surface area contributed by atoms with Crippen molar-refractivity contribution in [1.29, 1.82) is 0 Å². The van der Waals surface area contributed by atoms with Crippen molar-refractivity contribution in [2.24, 2.45) is 11.8 Å². The molecular formula is C18H25NO3S. The Bertz CT molecular complexity index is 711. The number of nitrogens with zero attached hydrogens (tertiary/aromatic N) is 1. The molecule has 0 N–H and O–H groups in total. The van der Waals surface area contributed by atoms with Gasteiger partial charge in [-0.3, -0.25) is 4.79 Å². The third kappa shape index (κ3) is 3.44. The quantitative estimate of drug-likeness (QED) is 0.835. The third-order valence-electron chi connectivity index (χ3n) is 5.45. The summed E-state index contributed by atoms with van der Waals surface area (Å²) in [5.41, 5.74) is 1.37. The van der Waals surface area contributed by atoms with Crippen molar-refractivity contribution in [1.82, 2.24) is 4.90 Å². The minimum absolute atomic E-state index is 0.0166. The Kier molecular flexibility index (Phi) is 4.50. The summed E-state index contributed by atoms with van der Waals surface area (Å²) in [5, 5.41) is 0. The van der Waals surface area contributed by atoms with Crippen LogP contribution in [0.2, 0.25) is 0 Å². The first kappa shape index (κ1) is 16.5. The van der Waals surface area contributed by atoms with E-state index in [0.717, 1.165) is 31.0 Å². The number of carbonyl (C=O) groups excluding carboxylic acids is 1. The second-order valence-corrected chi connectivity index (χ2v) is 9.11. The van der Waals surface area contributed by atoms with Crippen molar-refractivity contribution in [2.45, 2.75) is 43.9 Å². The van der Waals surface area contributed by atoms with Crippen LogP contribution in [0.5, 0.6) is 0 Å². The largest absolute Gasteiger partial charge is 0.338 e. The van der Waals surface area contributed by atoms with Crippen LogP contribution < -0.4 is 0 Å². The molecule has 1 saturated heterocycles. The van der Waals surface area contributed by atoms with Crippen LogP contribution in [-0.4, -0.2) is 38.6 Å². The number of piperidine rings is 1. The lowest BCUT2D eigenvalue weighted by molar-refractivity contribution is 0.0520. The van der Waals surface area contributed by atoms with E-state index in [1.807, 2.05) is 11.8 Å². The molecule has 2 aliphatic rings. The minimum Gasteiger partial charge on any atom is -0.338 e. The van der Waals surface area contributed by atoms with Crippen molar-refractivity contribution < 1.29 is 13.2 Å². The van der Waals surface area contributed by atoms with Crippen molar-refractivity contribution in [3.63, 3.8) is 0 Å². The van der Waals surface area contributed by atoms with Crippen molar-refractivity contribution >= 4 is 15.7 Å². The van der Waals surface area contributed by atoms with Crippen molar-refractivity contribution in [3.05, 3.63) is 29.3 Å². The number of benzene rings is 1. The first-order chi connectivity index (χ1) is 10.9. The average Bonchev–Trinajstić information content (AvgIpc) is 2.53. The molecule has 126 valence electrons. The highest BCUT2D eigenvalue weighted by molar-refractivity contribution is 7.90. The van der Waals surface area contributed by atoms with Gasteiger partial charge in [0, 0.05) is 24.9 Å². The molecule has 0 radical (unpaired) electrons. The fraction of sp³-hybridized carbons (Fsp3) is 0.611. The number of likely N-dealkylation sites (tertiary alicyclic amines) is 1. The normalized spacial score (nSPS) is 25.0. The monoisotopic (exact) mass is 335 g/mol. The number of rotatable bonds is 2. The molecule has 1 saturated carbocycles. The minimum atomic E-state index is -3.30. The highest BCUT2D eigenvalue weighted by atomic mass is 32.2. The molecule has 0 aromatic heterocycles. The summed E-state index contributed by atoms with van der Waals surface area (Å²) in [5.74, 6) is 1.38. The predicted molar refractivity (Wildman–Crippen MR) is 90.3 cm³/mol. The van der Waals surface area contributed by atoms with Crippen LogP contribution in [0, 0.1) is 18.8 Å². The Hall–Kier alpha value is -1.36. The van der Waals surface area contributed by atoms with Crippen LogP contribution in [0.4, 0.5) is 0 Å². The van der Waals surface area contributed by atoms with Crippen LogP contribution in [0.3, 0.4) is 0 Å². The topological polar surface area (TPSA) is 54.5 Å². The zero-order chi connectivity index (χ0) is 16.6. The molecule has 0 unspecified atom stereocenters. The predicted octanol–water partition coefficient (Wildman–Crippen LogP) is 3.05. The zero-order valence-electron chi connectivity index (χ0n) is 13.9. The average molecular weight is 335 g/mol. The molecule has 1 amide bonds. The standard InChI is InChI=1S/C18H25NO3S/c1-13-7-8-16(23(2,21)22)11-17(13)18(20)19-10-9-14-5-3-4-6-15(14)12-19/h7-8,11,14-15H,3-6,9-10,12H2,1-2H3/t14-,15-/m1/s1. The van der Waals surface area contributed by atoms with E-state index in [0.29, 0.717) is 11.5 Å². The maximum atomic E-state index is 12.9. The number of aryl methyl sites for hydroxylation is 1. The van der Waals surface area contributed by atoms with E-state index >= 15 is 0 Å². The van der Waals surface area contributed by atoms with Gasteiger partial charge in [0.25, 0.3) is 5.91 Å². The highest BCUT2D eigenvalue weighted by Gasteiger charge is 2.33. The van der Waals surface area contributed by atoms with Crippen molar-refractivity contribution in [2.75, 3.05) is 19.3 Å². The van der Waals surface area contributed by atoms with Gasteiger partial charge in [0.15, 0.2) is 9.84 Å². The number of hydrogen-bond donors (Lipinski definition) is 0. The first-order valence-electron chi connectivity index (χ1n) is 8.46. The van der Waals surface area contributed by atoms with Gasteiger partial charge in [0.2, 0.25) is 0 Å².